The molecular formula is C37H39N5O7. The first-order chi connectivity index (χ1) is 23.9. The normalized spacial score (nSPS) is 15.8. The minimum atomic E-state index is -0.954. The summed E-state index contributed by atoms with van der Waals surface area (Å²) in [5, 5.41) is 9.63. The molecular weight excluding hydrogens is 626 g/mol. The third-order valence-corrected chi connectivity index (χ3v) is 9.12. The average molecular weight is 666 g/mol. The summed E-state index contributed by atoms with van der Waals surface area (Å²) in [6.07, 6.45) is 3.40. The number of nitrogens with one attached hydrogen (secondary N) is 1. The third-order valence-electron chi connectivity index (χ3n) is 9.12. The smallest absolute Gasteiger partial charge is 0.344 e. The number of methoxy groups -OCH3 is 2. The summed E-state index contributed by atoms with van der Waals surface area (Å²) in [7, 11) is 3.28. The van der Waals surface area contributed by atoms with Gasteiger partial charge in [-0.1, -0.05) is 36.4 Å². The number of benzene rings is 3. The number of ether oxygens (including phenoxy) is 4. The number of carbonyl (C=O) groups is 1. The first kappa shape index (κ1) is 32.0. The molecule has 5 aromatic rings. The van der Waals surface area contributed by atoms with Gasteiger partial charge in [0.05, 0.1) is 27.4 Å². The first-order valence-corrected chi connectivity index (χ1v) is 16.6. The van der Waals surface area contributed by atoms with Crippen LogP contribution in [0.5, 0.6) is 23.3 Å². The molecule has 0 spiro atoms. The third kappa shape index (κ3) is 6.89. The molecule has 3 aromatic carbocycles. The van der Waals surface area contributed by atoms with Gasteiger partial charge in [0.2, 0.25) is 0 Å². The number of fused-ring (bicyclic) bond motifs is 5. The molecule has 49 heavy (non-hydrogen) atoms. The maximum atomic E-state index is 13.7. The second-order valence-electron chi connectivity index (χ2n) is 12.5. The molecule has 12 nitrogen and oxygen atoms in total. The van der Waals surface area contributed by atoms with Crippen molar-refractivity contribution in [3.63, 3.8) is 0 Å². The number of nitrogens with zero attached hydrogens (tertiary/aromatic N) is 4. The molecule has 2 N–H and O–H groups in total. The SMILES string of the molecule is COc1ccc(CN(Cc2ccc(OC)cc2)c2nc3nc4c2[nH]c(=O)n4Cc2cc(c4c(c2)CCC(C(=O)O)O4)CCCCCO3)cc1. The molecule has 0 saturated heterocycles. The second kappa shape index (κ2) is 13.9. The molecule has 0 fully saturated rings. The average Bonchev–Trinajstić information content (AvgIpc) is 3.43. The van der Waals surface area contributed by atoms with Crippen molar-refractivity contribution in [3.8, 4) is 23.3 Å². The molecule has 0 aliphatic carbocycles. The van der Waals surface area contributed by atoms with Crippen molar-refractivity contribution < 1.29 is 28.8 Å². The van der Waals surface area contributed by atoms with Crippen molar-refractivity contribution in [2.45, 2.75) is 64.3 Å². The van der Waals surface area contributed by atoms with E-state index in [9.17, 15) is 14.7 Å². The molecule has 4 heterocycles. The number of imidazole rings is 1. The van der Waals surface area contributed by atoms with Crippen LogP contribution in [0.25, 0.3) is 11.2 Å². The summed E-state index contributed by atoms with van der Waals surface area (Å²) >= 11 is 0. The molecule has 1 atom stereocenters. The van der Waals surface area contributed by atoms with Crippen molar-refractivity contribution in [2.75, 3.05) is 25.7 Å². The molecule has 1 unspecified atom stereocenters. The maximum absolute atomic E-state index is 13.7. The largest absolute Gasteiger partial charge is 0.497 e. The van der Waals surface area contributed by atoms with Gasteiger partial charge in [-0.15, -0.1) is 0 Å². The predicted molar refractivity (Wildman–Crippen MR) is 183 cm³/mol. The molecule has 254 valence electrons. The van der Waals surface area contributed by atoms with Gasteiger partial charge in [-0.3, -0.25) is 4.57 Å². The van der Waals surface area contributed by atoms with E-state index < -0.39 is 12.1 Å². The van der Waals surface area contributed by atoms with Crippen LogP contribution in [-0.4, -0.2) is 57.5 Å². The van der Waals surface area contributed by atoms with Crippen molar-refractivity contribution in [1.29, 1.82) is 0 Å². The Morgan fingerprint density at radius 1 is 0.939 bits per heavy atom. The minimum Gasteiger partial charge on any atom is -0.497 e. The van der Waals surface area contributed by atoms with Crippen LogP contribution in [0.2, 0.25) is 0 Å². The summed E-state index contributed by atoms with van der Waals surface area (Å²) in [5.41, 5.74) is 5.55. The van der Waals surface area contributed by atoms with Crippen molar-refractivity contribution in [3.05, 3.63) is 99.0 Å². The van der Waals surface area contributed by atoms with E-state index >= 15 is 0 Å². The Labute approximate surface area is 283 Å². The van der Waals surface area contributed by atoms with Crippen LogP contribution < -0.4 is 29.5 Å². The van der Waals surface area contributed by atoms with Gasteiger partial charge < -0.3 is 33.9 Å². The van der Waals surface area contributed by atoms with Gasteiger partial charge in [-0.2, -0.15) is 9.97 Å². The number of H-pyrrole nitrogens is 1. The summed E-state index contributed by atoms with van der Waals surface area (Å²) in [4.78, 5) is 40.3. The molecule has 4 bridgehead atoms. The Hall–Kier alpha value is -5.52. The molecule has 2 aliphatic heterocycles. The number of aryl methyl sites for hydroxylation is 2. The van der Waals surface area contributed by atoms with E-state index in [1.165, 1.54) is 0 Å². The monoisotopic (exact) mass is 665 g/mol. The zero-order valence-corrected chi connectivity index (χ0v) is 27.6. The highest BCUT2D eigenvalue weighted by atomic mass is 16.5. The number of hydrogen-bond acceptors (Lipinski definition) is 9. The minimum absolute atomic E-state index is 0.209. The highest BCUT2D eigenvalue weighted by Gasteiger charge is 2.29. The second-order valence-corrected chi connectivity index (χ2v) is 12.5. The number of aromatic nitrogens is 4. The molecule has 0 saturated carbocycles. The lowest BCUT2D eigenvalue weighted by Gasteiger charge is -2.26. The highest BCUT2D eigenvalue weighted by molar-refractivity contribution is 5.84. The molecule has 2 aromatic heterocycles. The van der Waals surface area contributed by atoms with Gasteiger partial charge >= 0.3 is 17.7 Å². The maximum Gasteiger partial charge on any atom is 0.344 e. The van der Waals surface area contributed by atoms with Gasteiger partial charge in [0.25, 0.3) is 0 Å². The van der Waals surface area contributed by atoms with Gasteiger partial charge in [-0.25, -0.2) is 9.59 Å². The van der Waals surface area contributed by atoms with Crippen LogP contribution in [0.3, 0.4) is 0 Å². The van der Waals surface area contributed by atoms with Gasteiger partial charge in [0.15, 0.2) is 17.6 Å². The van der Waals surface area contributed by atoms with E-state index in [1.54, 1.807) is 18.8 Å². The van der Waals surface area contributed by atoms with Crippen molar-refractivity contribution in [2.24, 2.45) is 0 Å². The van der Waals surface area contributed by atoms with Gasteiger partial charge in [-0.05, 0) is 90.6 Å². The van der Waals surface area contributed by atoms with E-state index in [0.29, 0.717) is 55.3 Å². The fraction of sp³-hybridized carbons (Fsp3) is 0.351. The van der Waals surface area contributed by atoms with Crippen LogP contribution in [0.1, 0.15) is 53.5 Å². The Bertz CT molecular complexity index is 1970. The lowest BCUT2D eigenvalue weighted by atomic mass is 9.94. The zero-order valence-electron chi connectivity index (χ0n) is 27.6. The standard InChI is InChI=1S/C37H39N5O7/c1-46-28-12-7-23(8-13-28)20-41(21-24-9-14-29(47-2)15-10-24)33-31-34-40-36(39-33)48-17-5-3-4-6-26-18-25(22-42(34)37(45)38-31)19-27-11-16-30(35(43)44)49-32(26)27/h7-10,12-15,18-19,30H,3-6,11,16-17,20-22H2,1-2H3,(H,38,45)(H,43,44). The number of rotatable bonds is 8. The van der Waals surface area contributed by atoms with Gasteiger partial charge in [0.1, 0.15) is 22.8 Å². The molecule has 0 radical (unpaired) electrons. The first-order valence-electron chi connectivity index (χ1n) is 16.6. The van der Waals surface area contributed by atoms with Crippen LogP contribution in [0.15, 0.2) is 65.5 Å². The Morgan fingerprint density at radius 2 is 1.59 bits per heavy atom. The van der Waals surface area contributed by atoms with E-state index in [0.717, 1.165) is 65.0 Å². The lowest BCUT2D eigenvalue weighted by molar-refractivity contribution is -0.145. The van der Waals surface area contributed by atoms with Crippen molar-refractivity contribution >= 4 is 23.0 Å². The quantitative estimate of drug-likeness (QED) is 0.225. The van der Waals surface area contributed by atoms with E-state index in [4.69, 9.17) is 28.9 Å². The molecule has 12 heteroatoms. The Morgan fingerprint density at radius 3 is 2.22 bits per heavy atom. The van der Waals surface area contributed by atoms with Crippen LogP contribution >= 0.6 is 0 Å². The summed E-state index contributed by atoms with van der Waals surface area (Å²) < 4.78 is 24.5. The highest BCUT2D eigenvalue weighted by Crippen LogP contribution is 2.35. The Kier molecular flexibility index (Phi) is 9.10. The van der Waals surface area contributed by atoms with E-state index in [2.05, 4.69) is 9.88 Å². The number of aliphatic carboxylic acids is 1. The van der Waals surface area contributed by atoms with E-state index in [-0.39, 0.29) is 18.2 Å². The topological polar surface area (TPSA) is 141 Å². The number of anilines is 1. The number of aromatic amines is 1. The fourth-order valence-electron chi connectivity index (χ4n) is 6.59. The van der Waals surface area contributed by atoms with Gasteiger partial charge in [0, 0.05) is 13.1 Å². The summed E-state index contributed by atoms with van der Waals surface area (Å²) in [6, 6.07) is 20.0. The lowest BCUT2D eigenvalue weighted by Crippen LogP contribution is -2.31. The number of hydrogen-bond donors (Lipinski definition) is 2. The zero-order chi connectivity index (χ0) is 33.9. The summed E-state index contributed by atoms with van der Waals surface area (Å²) in [5.74, 6) is 1.78. The summed E-state index contributed by atoms with van der Waals surface area (Å²) in [6.45, 7) is 1.64. The van der Waals surface area contributed by atoms with Crippen molar-refractivity contribution in [1.82, 2.24) is 19.5 Å². The molecule has 0 amide bonds. The number of carboxylic acids is 1. The van der Waals surface area contributed by atoms with Crippen LogP contribution in [0.4, 0.5) is 5.82 Å². The fourth-order valence-corrected chi connectivity index (χ4v) is 6.59. The molecule has 7 rings (SSSR count). The van der Waals surface area contributed by atoms with E-state index in [1.807, 2.05) is 60.7 Å². The molecule has 2 aliphatic rings. The number of carboxylic acid groups (broad SMARTS) is 1. The van der Waals surface area contributed by atoms with Crippen LogP contribution in [0, 0.1) is 0 Å². The van der Waals surface area contributed by atoms with Crippen LogP contribution in [-0.2, 0) is 37.3 Å². The Balaban J connectivity index is 1.32. The predicted octanol–water partition coefficient (Wildman–Crippen LogP) is 5.28.